The fourth-order valence-electron chi connectivity index (χ4n) is 4.05. The number of amides is 1. The highest BCUT2D eigenvalue weighted by atomic mass is 32.1. The molecule has 5 rings (SSSR count). The molecule has 1 fully saturated rings. The number of piperidine rings is 1. The third-order valence-corrected chi connectivity index (χ3v) is 6.96. The van der Waals surface area contributed by atoms with Crippen molar-refractivity contribution in [2.75, 3.05) is 13.1 Å². The van der Waals surface area contributed by atoms with Crippen molar-refractivity contribution in [2.45, 2.75) is 31.3 Å². The summed E-state index contributed by atoms with van der Waals surface area (Å²) in [7, 11) is 0. The van der Waals surface area contributed by atoms with Gasteiger partial charge >= 0.3 is 6.09 Å². The monoisotopic (exact) mass is 458 g/mol. The van der Waals surface area contributed by atoms with Crippen molar-refractivity contribution >= 4 is 23.1 Å². The first-order chi connectivity index (χ1) is 16.2. The van der Waals surface area contributed by atoms with Crippen LogP contribution in [0, 0.1) is 11.3 Å². The first kappa shape index (κ1) is 21.2. The molecule has 0 saturated carbocycles. The molecule has 2 aromatic carbocycles. The van der Waals surface area contributed by atoms with E-state index in [4.69, 9.17) is 19.8 Å². The van der Waals surface area contributed by atoms with Gasteiger partial charge in [0.25, 0.3) is 0 Å². The molecular weight excluding hydrogens is 436 g/mol. The highest BCUT2D eigenvalue weighted by Gasteiger charge is 2.29. The van der Waals surface area contributed by atoms with Crippen molar-refractivity contribution in [3.05, 3.63) is 81.8 Å². The third kappa shape index (κ3) is 4.73. The number of likely N-dealkylation sites (tertiary alicyclic amines) is 1. The standard InChI is InChI=1S/C25H22N4O3S/c26-15-17-6-8-20(9-7-17)31-25(30)29-12-10-19(11-13-29)24-27-22(16-33-24)21-14-23(32-28-21)18-4-2-1-3-5-18/h1-9,16,19,23H,10-14H2. The molecule has 0 aliphatic carbocycles. The Hall–Kier alpha value is -3.70. The number of carbonyl (C=O) groups is 1. The number of thiazole rings is 1. The fraction of sp³-hybridized carbons (Fsp3) is 0.280. The minimum absolute atomic E-state index is 0.0586. The van der Waals surface area contributed by atoms with Gasteiger partial charge in [0.1, 0.15) is 11.5 Å². The van der Waals surface area contributed by atoms with Crippen LogP contribution in [-0.4, -0.2) is 34.8 Å². The maximum absolute atomic E-state index is 12.5. The van der Waals surface area contributed by atoms with E-state index in [1.165, 1.54) is 0 Å². The number of oxime groups is 1. The Kier molecular flexibility index (Phi) is 6.05. The average Bonchev–Trinajstić information content (AvgIpc) is 3.55. The van der Waals surface area contributed by atoms with Gasteiger partial charge in [-0.25, -0.2) is 9.78 Å². The second kappa shape index (κ2) is 9.43. The van der Waals surface area contributed by atoms with E-state index in [2.05, 4.69) is 28.7 Å². The second-order valence-electron chi connectivity index (χ2n) is 8.08. The van der Waals surface area contributed by atoms with Gasteiger partial charge in [-0.05, 0) is 42.7 Å². The van der Waals surface area contributed by atoms with Crippen LogP contribution in [0.15, 0.2) is 65.1 Å². The molecule has 0 spiro atoms. The topological polar surface area (TPSA) is 87.8 Å². The molecule has 33 heavy (non-hydrogen) atoms. The lowest BCUT2D eigenvalue weighted by atomic mass is 9.98. The number of rotatable bonds is 4. The Balaban J connectivity index is 1.14. The average molecular weight is 459 g/mol. The molecule has 2 aliphatic rings. The van der Waals surface area contributed by atoms with E-state index in [0.29, 0.717) is 36.7 Å². The molecule has 0 radical (unpaired) electrons. The van der Waals surface area contributed by atoms with Crippen LogP contribution < -0.4 is 4.74 Å². The third-order valence-electron chi connectivity index (χ3n) is 5.95. The van der Waals surface area contributed by atoms with Gasteiger partial charge in [0.2, 0.25) is 0 Å². The zero-order valence-corrected chi connectivity index (χ0v) is 18.7. The molecule has 1 aromatic heterocycles. The van der Waals surface area contributed by atoms with Crippen LogP contribution in [0.2, 0.25) is 0 Å². The van der Waals surface area contributed by atoms with Crippen LogP contribution in [0.1, 0.15) is 53.1 Å². The first-order valence-corrected chi connectivity index (χ1v) is 11.8. The largest absolute Gasteiger partial charge is 0.415 e. The molecule has 1 saturated heterocycles. The molecule has 7 nitrogen and oxygen atoms in total. The summed E-state index contributed by atoms with van der Waals surface area (Å²) in [5, 5.41) is 16.3. The van der Waals surface area contributed by atoms with Crippen LogP contribution >= 0.6 is 11.3 Å². The Labute approximate surface area is 195 Å². The second-order valence-corrected chi connectivity index (χ2v) is 8.97. The highest BCUT2D eigenvalue weighted by Crippen LogP contribution is 2.33. The van der Waals surface area contributed by atoms with Gasteiger partial charge in [-0.2, -0.15) is 5.26 Å². The Morgan fingerprint density at radius 3 is 2.61 bits per heavy atom. The normalized spacial score (nSPS) is 18.3. The van der Waals surface area contributed by atoms with Crippen molar-refractivity contribution in [3.8, 4) is 11.8 Å². The predicted octanol–water partition coefficient (Wildman–Crippen LogP) is 5.26. The first-order valence-electron chi connectivity index (χ1n) is 10.9. The Bertz CT molecular complexity index is 1190. The quantitative estimate of drug-likeness (QED) is 0.532. The molecule has 1 amide bonds. The molecule has 3 aromatic rings. The van der Waals surface area contributed by atoms with Gasteiger partial charge < -0.3 is 14.5 Å². The number of aromatic nitrogens is 1. The summed E-state index contributed by atoms with van der Waals surface area (Å²) in [6.45, 7) is 1.24. The van der Waals surface area contributed by atoms with Gasteiger partial charge in [-0.3, -0.25) is 0 Å². The highest BCUT2D eigenvalue weighted by molar-refractivity contribution is 7.10. The molecule has 1 unspecified atom stereocenters. The maximum atomic E-state index is 12.5. The lowest BCUT2D eigenvalue weighted by molar-refractivity contribution is 0.0857. The molecule has 3 heterocycles. The summed E-state index contributed by atoms with van der Waals surface area (Å²) in [6, 6.07) is 18.7. The molecule has 0 bridgehead atoms. The number of hydrogen-bond donors (Lipinski definition) is 0. The lowest BCUT2D eigenvalue weighted by Gasteiger charge is -2.30. The van der Waals surface area contributed by atoms with E-state index in [-0.39, 0.29) is 12.2 Å². The van der Waals surface area contributed by atoms with Gasteiger partial charge in [-0.1, -0.05) is 35.5 Å². The van der Waals surface area contributed by atoms with Crippen molar-refractivity contribution in [3.63, 3.8) is 0 Å². The minimum Gasteiger partial charge on any atom is -0.410 e. The van der Waals surface area contributed by atoms with Gasteiger partial charge in [0, 0.05) is 30.8 Å². The van der Waals surface area contributed by atoms with Crippen LogP contribution in [0.3, 0.4) is 0 Å². The van der Waals surface area contributed by atoms with Crippen molar-refractivity contribution in [2.24, 2.45) is 5.16 Å². The molecule has 1 atom stereocenters. The smallest absolute Gasteiger partial charge is 0.410 e. The zero-order chi connectivity index (χ0) is 22.6. The van der Waals surface area contributed by atoms with E-state index in [0.717, 1.165) is 34.8 Å². The van der Waals surface area contributed by atoms with E-state index in [9.17, 15) is 4.79 Å². The van der Waals surface area contributed by atoms with Crippen molar-refractivity contribution < 1.29 is 14.4 Å². The zero-order valence-electron chi connectivity index (χ0n) is 17.9. The summed E-state index contributed by atoms with van der Waals surface area (Å²) < 4.78 is 5.45. The van der Waals surface area contributed by atoms with E-state index in [1.54, 1.807) is 40.5 Å². The number of benzene rings is 2. The molecule has 166 valence electrons. The molecule has 0 N–H and O–H groups in total. The van der Waals surface area contributed by atoms with Crippen molar-refractivity contribution in [1.29, 1.82) is 5.26 Å². The molecule has 2 aliphatic heterocycles. The van der Waals surface area contributed by atoms with Crippen LogP contribution in [0.5, 0.6) is 5.75 Å². The number of nitriles is 1. The van der Waals surface area contributed by atoms with Crippen LogP contribution in [-0.2, 0) is 4.84 Å². The van der Waals surface area contributed by atoms with E-state index < -0.39 is 0 Å². The van der Waals surface area contributed by atoms with Crippen LogP contribution in [0.25, 0.3) is 0 Å². The van der Waals surface area contributed by atoms with E-state index in [1.807, 2.05) is 18.2 Å². The summed E-state index contributed by atoms with van der Waals surface area (Å²) in [4.78, 5) is 24.7. The summed E-state index contributed by atoms with van der Waals surface area (Å²) in [6.07, 6.45) is 1.97. The summed E-state index contributed by atoms with van der Waals surface area (Å²) in [5.74, 6) is 0.759. The van der Waals surface area contributed by atoms with E-state index >= 15 is 0 Å². The Morgan fingerprint density at radius 1 is 1.12 bits per heavy atom. The lowest BCUT2D eigenvalue weighted by Crippen LogP contribution is -2.39. The Morgan fingerprint density at radius 2 is 1.88 bits per heavy atom. The molecule has 8 heteroatoms. The number of ether oxygens (including phenoxy) is 1. The molecular formula is C25H22N4O3S. The maximum Gasteiger partial charge on any atom is 0.415 e. The number of carbonyl (C=O) groups excluding carboxylic acids is 1. The predicted molar refractivity (Wildman–Crippen MR) is 124 cm³/mol. The summed E-state index contributed by atoms with van der Waals surface area (Å²) >= 11 is 1.65. The van der Waals surface area contributed by atoms with Crippen molar-refractivity contribution in [1.82, 2.24) is 9.88 Å². The SMILES string of the molecule is N#Cc1ccc(OC(=O)N2CCC(c3nc(C4=NOC(c5ccccc5)C4)cs3)CC2)cc1. The van der Waals surface area contributed by atoms with Gasteiger partial charge in [0.15, 0.2) is 6.10 Å². The summed E-state index contributed by atoms with van der Waals surface area (Å²) in [5.41, 5.74) is 3.42. The number of hydrogen-bond acceptors (Lipinski definition) is 7. The number of nitrogens with zero attached hydrogens (tertiary/aromatic N) is 4. The van der Waals surface area contributed by atoms with Gasteiger partial charge in [0.05, 0.1) is 22.3 Å². The minimum atomic E-state index is -0.359. The fourth-order valence-corrected chi connectivity index (χ4v) is 5.06. The van der Waals surface area contributed by atoms with Gasteiger partial charge in [-0.15, -0.1) is 11.3 Å². The van der Waals surface area contributed by atoms with Crippen LogP contribution in [0.4, 0.5) is 4.79 Å².